The lowest BCUT2D eigenvalue weighted by Crippen LogP contribution is -2.28. The van der Waals surface area contributed by atoms with Gasteiger partial charge in [0.25, 0.3) is 0 Å². The van der Waals surface area contributed by atoms with Crippen LogP contribution in [0.25, 0.3) is 10.6 Å². The summed E-state index contributed by atoms with van der Waals surface area (Å²) in [6, 6.07) is 5.22. The summed E-state index contributed by atoms with van der Waals surface area (Å²) >= 11 is 1.03. The largest absolute Gasteiger partial charge is 0.489 e. The number of hydrogen-bond acceptors (Lipinski definition) is 5. The van der Waals surface area contributed by atoms with Crippen LogP contribution in [0.15, 0.2) is 18.2 Å². The SMILES string of the molecule is Cc1nc(-c2sc(F)cc2COC(=O)N(C)CCC2CC2)ccc1OC1CCCCC1. The Morgan fingerprint density at radius 2 is 2.00 bits per heavy atom. The number of hydrogen-bond donors (Lipinski definition) is 0. The van der Waals surface area contributed by atoms with Crippen molar-refractivity contribution in [3.8, 4) is 16.3 Å². The van der Waals surface area contributed by atoms with Crippen molar-refractivity contribution in [3.05, 3.63) is 34.6 Å². The van der Waals surface area contributed by atoms with Crippen molar-refractivity contribution in [2.75, 3.05) is 13.6 Å². The van der Waals surface area contributed by atoms with E-state index < -0.39 is 0 Å². The third-order valence-electron chi connectivity index (χ3n) is 6.13. The van der Waals surface area contributed by atoms with Gasteiger partial charge in [0.1, 0.15) is 12.4 Å². The highest BCUT2D eigenvalue weighted by molar-refractivity contribution is 7.14. The molecule has 0 bridgehead atoms. The molecule has 0 radical (unpaired) electrons. The van der Waals surface area contributed by atoms with Crippen molar-refractivity contribution in [1.29, 1.82) is 0 Å². The van der Waals surface area contributed by atoms with E-state index in [2.05, 4.69) is 4.98 Å². The van der Waals surface area contributed by atoms with E-state index in [9.17, 15) is 9.18 Å². The van der Waals surface area contributed by atoms with E-state index in [-0.39, 0.29) is 23.9 Å². The maximum atomic E-state index is 14.1. The van der Waals surface area contributed by atoms with Crippen LogP contribution in [0.5, 0.6) is 5.75 Å². The lowest BCUT2D eigenvalue weighted by atomic mass is 9.98. The number of aromatic nitrogens is 1. The van der Waals surface area contributed by atoms with E-state index in [0.29, 0.717) is 22.7 Å². The molecule has 168 valence electrons. The molecule has 0 N–H and O–H groups in total. The first-order chi connectivity index (χ1) is 15.0. The summed E-state index contributed by atoms with van der Waals surface area (Å²) < 4.78 is 25.7. The van der Waals surface area contributed by atoms with Crippen LogP contribution in [0.2, 0.25) is 0 Å². The van der Waals surface area contributed by atoms with Crippen LogP contribution in [0.3, 0.4) is 0 Å². The molecule has 2 fully saturated rings. The number of carbonyl (C=O) groups is 1. The minimum atomic E-state index is -0.376. The lowest BCUT2D eigenvalue weighted by Gasteiger charge is -2.23. The zero-order chi connectivity index (χ0) is 21.8. The van der Waals surface area contributed by atoms with Crippen LogP contribution in [0.4, 0.5) is 9.18 Å². The predicted molar refractivity (Wildman–Crippen MR) is 120 cm³/mol. The van der Waals surface area contributed by atoms with Gasteiger partial charge in [-0.2, -0.15) is 4.39 Å². The molecule has 2 aromatic heterocycles. The second-order valence-corrected chi connectivity index (χ2v) is 9.77. The number of aryl methyl sites for hydroxylation is 1. The quantitative estimate of drug-likeness (QED) is 0.475. The number of pyridine rings is 1. The fourth-order valence-electron chi connectivity index (χ4n) is 4.00. The highest BCUT2D eigenvalue weighted by atomic mass is 32.1. The highest BCUT2D eigenvalue weighted by Gasteiger charge is 2.23. The van der Waals surface area contributed by atoms with Gasteiger partial charge >= 0.3 is 6.09 Å². The maximum absolute atomic E-state index is 14.1. The molecule has 0 unspecified atom stereocenters. The summed E-state index contributed by atoms with van der Waals surface area (Å²) in [5, 5.41) is -0.315. The zero-order valence-corrected chi connectivity index (χ0v) is 19.2. The number of ether oxygens (including phenoxy) is 2. The van der Waals surface area contributed by atoms with Crippen molar-refractivity contribution in [3.63, 3.8) is 0 Å². The molecule has 7 heteroatoms. The second kappa shape index (κ2) is 9.98. The molecule has 0 atom stereocenters. The Bertz CT molecular complexity index is 906. The molecule has 31 heavy (non-hydrogen) atoms. The smallest absolute Gasteiger partial charge is 0.409 e. The van der Waals surface area contributed by atoms with Crippen LogP contribution in [-0.4, -0.2) is 35.7 Å². The van der Waals surface area contributed by atoms with Crippen molar-refractivity contribution >= 4 is 17.4 Å². The Morgan fingerprint density at radius 3 is 2.71 bits per heavy atom. The Hall–Kier alpha value is -2.15. The first-order valence-corrected chi connectivity index (χ1v) is 12.1. The van der Waals surface area contributed by atoms with Crippen LogP contribution < -0.4 is 4.74 Å². The molecule has 2 saturated carbocycles. The molecule has 0 aromatic carbocycles. The van der Waals surface area contributed by atoms with Gasteiger partial charge in [-0.25, -0.2) is 9.78 Å². The highest BCUT2D eigenvalue weighted by Crippen LogP contribution is 2.34. The average Bonchev–Trinajstić information content (AvgIpc) is 3.53. The summed E-state index contributed by atoms with van der Waals surface area (Å²) in [6.07, 6.45) is 9.29. The molecular formula is C24H31FN2O3S. The van der Waals surface area contributed by atoms with E-state index in [1.807, 2.05) is 19.1 Å². The Kier molecular flexibility index (Phi) is 7.10. The van der Waals surface area contributed by atoms with Gasteiger partial charge in [-0.15, -0.1) is 11.3 Å². The fourth-order valence-corrected chi connectivity index (χ4v) is 4.87. The van der Waals surface area contributed by atoms with Crippen molar-refractivity contribution in [2.45, 2.75) is 71.0 Å². The molecule has 0 spiro atoms. The third kappa shape index (κ3) is 5.97. The van der Waals surface area contributed by atoms with E-state index >= 15 is 0 Å². The van der Waals surface area contributed by atoms with Crippen molar-refractivity contribution in [1.82, 2.24) is 9.88 Å². The molecule has 2 aliphatic carbocycles. The topological polar surface area (TPSA) is 51.7 Å². The normalized spacial score (nSPS) is 16.9. The second-order valence-electron chi connectivity index (χ2n) is 8.77. The first-order valence-electron chi connectivity index (χ1n) is 11.3. The molecule has 5 nitrogen and oxygen atoms in total. The number of halogens is 1. The molecular weight excluding hydrogens is 415 g/mol. The van der Waals surface area contributed by atoms with E-state index in [0.717, 1.165) is 48.0 Å². The summed E-state index contributed by atoms with van der Waals surface area (Å²) in [6.45, 7) is 2.64. The number of nitrogens with zero attached hydrogens (tertiary/aromatic N) is 2. The molecule has 0 aliphatic heterocycles. The minimum absolute atomic E-state index is 0.0312. The number of thiophene rings is 1. The van der Waals surface area contributed by atoms with E-state index in [4.69, 9.17) is 9.47 Å². The van der Waals surface area contributed by atoms with E-state index in [1.54, 1.807) is 11.9 Å². The van der Waals surface area contributed by atoms with E-state index in [1.165, 1.54) is 38.2 Å². The molecule has 0 saturated heterocycles. The Morgan fingerprint density at radius 1 is 1.23 bits per heavy atom. The van der Waals surface area contributed by atoms with Gasteiger partial charge in [0.05, 0.1) is 22.4 Å². The van der Waals surface area contributed by atoms with Gasteiger partial charge < -0.3 is 14.4 Å². The number of amides is 1. The van der Waals surface area contributed by atoms with Crippen LogP contribution >= 0.6 is 11.3 Å². The van der Waals surface area contributed by atoms with Crippen molar-refractivity contribution in [2.24, 2.45) is 5.92 Å². The van der Waals surface area contributed by atoms with Gasteiger partial charge in [-0.3, -0.25) is 0 Å². The molecule has 2 heterocycles. The monoisotopic (exact) mass is 446 g/mol. The van der Waals surface area contributed by atoms with Gasteiger partial charge in [0.2, 0.25) is 0 Å². The number of rotatable bonds is 8. The minimum Gasteiger partial charge on any atom is -0.489 e. The van der Waals surface area contributed by atoms with Gasteiger partial charge in [0, 0.05) is 19.2 Å². The molecule has 2 aromatic rings. The summed E-state index contributed by atoms with van der Waals surface area (Å²) in [5.74, 6) is 1.55. The van der Waals surface area contributed by atoms with Crippen LogP contribution in [0.1, 0.15) is 62.6 Å². The van der Waals surface area contributed by atoms with Crippen LogP contribution in [0, 0.1) is 18.0 Å². The predicted octanol–water partition coefficient (Wildman–Crippen LogP) is 6.34. The lowest BCUT2D eigenvalue weighted by molar-refractivity contribution is 0.104. The van der Waals surface area contributed by atoms with Gasteiger partial charge in [-0.1, -0.05) is 19.3 Å². The summed E-state index contributed by atoms with van der Waals surface area (Å²) in [4.78, 5) is 19.2. The Labute approximate surface area is 187 Å². The summed E-state index contributed by atoms with van der Waals surface area (Å²) in [5.41, 5.74) is 2.11. The standard InChI is InChI=1S/C24H31FN2O3S/c1-16-21(30-19-6-4-3-5-7-19)11-10-20(26-16)23-18(14-22(25)31-23)15-29-24(28)27(2)13-12-17-8-9-17/h10-11,14,17,19H,3-9,12-13,15H2,1-2H3. The average molecular weight is 447 g/mol. The van der Waals surface area contributed by atoms with Gasteiger partial charge in [-0.05, 0) is 63.1 Å². The Balaban J connectivity index is 1.40. The van der Waals surface area contributed by atoms with Crippen LogP contribution in [-0.2, 0) is 11.3 Å². The molecule has 4 rings (SSSR count). The third-order valence-corrected chi connectivity index (χ3v) is 7.12. The summed E-state index contributed by atoms with van der Waals surface area (Å²) in [7, 11) is 1.75. The maximum Gasteiger partial charge on any atom is 0.409 e. The zero-order valence-electron chi connectivity index (χ0n) is 18.4. The molecule has 1 amide bonds. The fraction of sp³-hybridized carbons (Fsp3) is 0.583. The van der Waals surface area contributed by atoms with Gasteiger partial charge in [0.15, 0.2) is 5.13 Å². The molecule has 2 aliphatic rings. The first kappa shape index (κ1) is 22.1. The number of carbonyl (C=O) groups excluding carboxylic acids is 1. The van der Waals surface area contributed by atoms with Crippen molar-refractivity contribution < 1.29 is 18.7 Å².